The molecule has 0 aliphatic heterocycles. The lowest BCUT2D eigenvalue weighted by atomic mass is 10.5. The molecule has 0 atom stereocenters. The van der Waals surface area contributed by atoms with Gasteiger partial charge in [-0.2, -0.15) is 0 Å². The van der Waals surface area contributed by atoms with Crippen LogP contribution in [0.25, 0.3) is 0 Å². The van der Waals surface area contributed by atoms with Crippen molar-refractivity contribution in [1.29, 1.82) is 0 Å². The van der Waals surface area contributed by atoms with Crippen LogP contribution in [0.3, 0.4) is 0 Å². The Balaban J connectivity index is 4.11. The summed E-state index contributed by atoms with van der Waals surface area (Å²) in [5.74, 6) is 0. The quantitative estimate of drug-likeness (QED) is 0.688. The first-order valence-electron chi connectivity index (χ1n) is 4.49. The Morgan fingerprint density at radius 1 is 0.929 bits per heavy atom. The van der Waals surface area contributed by atoms with Gasteiger partial charge in [-0.15, -0.1) is 0 Å². The summed E-state index contributed by atoms with van der Waals surface area (Å²) >= 11 is 0. The van der Waals surface area contributed by atoms with Crippen LogP contribution in [0, 0.1) is 0 Å². The summed E-state index contributed by atoms with van der Waals surface area (Å²) in [5, 5.41) is 0. The Morgan fingerprint density at radius 3 is 1.43 bits per heavy atom. The second-order valence-electron chi connectivity index (χ2n) is 3.42. The lowest BCUT2D eigenvalue weighted by molar-refractivity contribution is 0.0580. The first kappa shape index (κ1) is 12.7. The van der Waals surface area contributed by atoms with E-state index in [4.69, 9.17) is 9.47 Å². The summed E-state index contributed by atoms with van der Waals surface area (Å²) in [6, 6.07) is 0. The molecule has 0 N–H and O–H groups in total. The molecule has 0 aromatic heterocycles. The average molecular weight is 203 g/mol. The number of amides is 2. The van der Waals surface area contributed by atoms with Gasteiger partial charge in [0.2, 0.25) is 0 Å². The molecule has 0 aliphatic rings. The minimum Gasteiger partial charge on any atom is -0.446 e. The molecule has 82 valence electrons. The Bertz CT molecular complexity index is 191. The van der Waals surface area contributed by atoms with Gasteiger partial charge in [0.05, 0.1) is 12.2 Å². The third kappa shape index (κ3) is 4.69. The lowest BCUT2D eigenvalue weighted by Crippen LogP contribution is -2.36. The Labute approximate surface area is 84.0 Å². The van der Waals surface area contributed by atoms with Crippen LogP contribution in [0.15, 0.2) is 0 Å². The van der Waals surface area contributed by atoms with Gasteiger partial charge in [0.1, 0.15) is 0 Å². The number of carbonyl (C=O) groups is 2. The number of nitrogens with zero attached hydrogens (tertiary/aromatic N) is 1. The predicted octanol–water partition coefficient (Wildman–Crippen LogP) is 2.01. The summed E-state index contributed by atoms with van der Waals surface area (Å²) in [6.07, 6.45) is -1.91. The molecule has 0 bridgehead atoms. The fourth-order valence-corrected chi connectivity index (χ4v) is 0.636. The number of hydrogen-bond acceptors (Lipinski definition) is 4. The molecule has 14 heavy (non-hydrogen) atoms. The number of rotatable bonds is 2. The van der Waals surface area contributed by atoms with E-state index in [0.717, 1.165) is 4.90 Å². The van der Waals surface area contributed by atoms with Crippen molar-refractivity contribution in [3.8, 4) is 0 Å². The summed E-state index contributed by atoms with van der Waals surface area (Å²) in [5.41, 5.74) is 0. The minimum atomic E-state index is -0.703. The average Bonchev–Trinajstić information content (AvgIpc) is 2.00. The highest BCUT2D eigenvalue weighted by Crippen LogP contribution is 2.00. The van der Waals surface area contributed by atoms with Crippen molar-refractivity contribution in [2.24, 2.45) is 0 Å². The van der Waals surface area contributed by atoms with Crippen LogP contribution in [0.5, 0.6) is 0 Å². The molecule has 0 rings (SSSR count). The van der Waals surface area contributed by atoms with E-state index < -0.39 is 12.2 Å². The number of imide groups is 1. The molecule has 0 unspecified atom stereocenters. The van der Waals surface area contributed by atoms with Crippen molar-refractivity contribution in [3.05, 3.63) is 0 Å². The number of ether oxygens (including phenoxy) is 2. The number of carbonyl (C=O) groups excluding carboxylic acids is 2. The van der Waals surface area contributed by atoms with Gasteiger partial charge in [0, 0.05) is 7.05 Å². The molecule has 5 heteroatoms. The minimum absolute atomic E-state index is 0.253. The predicted molar refractivity (Wildman–Crippen MR) is 51.0 cm³/mol. The number of hydrogen-bond donors (Lipinski definition) is 0. The Hall–Kier alpha value is -1.26. The van der Waals surface area contributed by atoms with Gasteiger partial charge in [-0.25, -0.2) is 14.5 Å². The fourth-order valence-electron chi connectivity index (χ4n) is 0.636. The first-order chi connectivity index (χ1) is 6.34. The second-order valence-corrected chi connectivity index (χ2v) is 3.42. The zero-order chi connectivity index (χ0) is 11.3. The van der Waals surface area contributed by atoms with E-state index in [1.165, 1.54) is 7.05 Å². The van der Waals surface area contributed by atoms with Gasteiger partial charge in [0.25, 0.3) is 0 Å². The third-order valence-electron chi connectivity index (χ3n) is 1.22. The van der Waals surface area contributed by atoms with Gasteiger partial charge in [-0.3, -0.25) is 0 Å². The van der Waals surface area contributed by atoms with E-state index in [0.29, 0.717) is 0 Å². The van der Waals surface area contributed by atoms with Gasteiger partial charge in [-0.05, 0) is 27.7 Å². The highest BCUT2D eigenvalue weighted by Gasteiger charge is 2.21. The van der Waals surface area contributed by atoms with E-state index >= 15 is 0 Å². The fraction of sp³-hybridized carbons (Fsp3) is 0.778. The third-order valence-corrected chi connectivity index (χ3v) is 1.22. The molecule has 0 radical (unpaired) electrons. The van der Waals surface area contributed by atoms with Crippen LogP contribution in [0.2, 0.25) is 0 Å². The lowest BCUT2D eigenvalue weighted by Gasteiger charge is -2.18. The zero-order valence-corrected chi connectivity index (χ0v) is 9.23. The van der Waals surface area contributed by atoms with Crippen LogP contribution in [-0.2, 0) is 9.47 Å². The summed E-state index contributed by atoms with van der Waals surface area (Å²) in [4.78, 5) is 23.2. The van der Waals surface area contributed by atoms with Crippen LogP contribution in [0.4, 0.5) is 9.59 Å². The smallest absolute Gasteiger partial charge is 0.419 e. The van der Waals surface area contributed by atoms with Crippen LogP contribution < -0.4 is 0 Å². The molecule has 5 nitrogen and oxygen atoms in total. The van der Waals surface area contributed by atoms with Crippen molar-refractivity contribution in [1.82, 2.24) is 4.90 Å². The molecule has 0 fully saturated rings. The van der Waals surface area contributed by atoms with E-state index in [1.807, 2.05) is 0 Å². The maximum atomic E-state index is 11.2. The van der Waals surface area contributed by atoms with E-state index in [2.05, 4.69) is 0 Å². The molecule has 0 heterocycles. The van der Waals surface area contributed by atoms with Crippen molar-refractivity contribution in [2.45, 2.75) is 39.9 Å². The highest BCUT2D eigenvalue weighted by atomic mass is 16.6. The van der Waals surface area contributed by atoms with E-state index in [1.54, 1.807) is 27.7 Å². The topological polar surface area (TPSA) is 55.8 Å². The van der Waals surface area contributed by atoms with Crippen molar-refractivity contribution in [2.75, 3.05) is 7.05 Å². The molecular formula is C9H17NO4. The Morgan fingerprint density at radius 2 is 1.21 bits per heavy atom. The summed E-state index contributed by atoms with van der Waals surface area (Å²) in [6.45, 7) is 6.83. The first-order valence-corrected chi connectivity index (χ1v) is 4.49. The maximum absolute atomic E-state index is 11.2. The summed E-state index contributed by atoms with van der Waals surface area (Å²) in [7, 11) is 1.31. The van der Waals surface area contributed by atoms with Gasteiger partial charge in [-0.1, -0.05) is 0 Å². The summed E-state index contributed by atoms with van der Waals surface area (Å²) < 4.78 is 9.60. The van der Waals surface area contributed by atoms with Gasteiger partial charge in [0.15, 0.2) is 0 Å². The highest BCUT2D eigenvalue weighted by molar-refractivity contribution is 5.87. The largest absolute Gasteiger partial charge is 0.446 e. The molecule has 0 spiro atoms. The molecule has 0 saturated heterocycles. The van der Waals surface area contributed by atoms with E-state index in [9.17, 15) is 9.59 Å². The molecular weight excluding hydrogens is 186 g/mol. The van der Waals surface area contributed by atoms with Gasteiger partial charge >= 0.3 is 12.2 Å². The molecule has 0 aromatic carbocycles. The molecule has 0 aliphatic carbocycles. The van der Waals surface area contributed by atoms with E-state index in [-0.39, 0.29) is 12.2 Å². The zero-order valence-electron chi connectivity index (χ0n) is 9.23. The van der Waals surface area contributed by atoms with Crippen LogP contribution in [0.1, 0.15) is 27.7 Å². The molecule has 2 amide bonds. The van der Waals surface area contributed by atoms with Crippen molar-refractivity contribution < 1.29 is 19.1 Å². The van der Waals surface area contributed by atoms with Crippen molar-refractivity contribution >= 4 is 12.2 Å². The van der Waals surface area contributed by atoms with Gasteiger partial charge < -0.3 is 9.47 Å². The monoisotopic (exact) mass is 203 g/mol. The van der Waals surface area contributed by atoms with Crippen LogP contribution >= 0.6 is 0 Å². The van der Waals surface area contributed by atoms with Crippen molar-refractivity contribution in [3.63, 3.8) is 0 Å². The Kier molecular flexibility index (Phi) is 4.97. The maximum Gasteiger partial charge on any atom is 0.419 e. The normalized spacial score (nSPS) is 10.2. The SMILES string of the molecule is CC(C)OC(=O)N(C)C(=O)OC(C)C. The second kappa shape index (κ2) is 5.47. The van der Waals surface area contributed by atoms with Crippen LogP contribution in [-0.4, -0.2) is 36.3 Å². The molecule has 0 aromatic rings. The molecule has 0 saturated carbocycles. The standard InChI is InChI=1S/C9H17NO4/c1-6(2)13-8(11)10(5)9(12)14-7(3)4/h6-7H,1-5H3.